The highest BCUT2D eigenvalue weighted by molar-refractivity contribution is 9.09. The molecule has 0 saturated heterocycles. The Bertz CT molecular complexity index is 399. The number of hydrogen-bond acceptors (Lipinski definition) is 1. The first-order valence-corrected chi connectivity index (χ1v) is 6.68. The molecule has 1 amide bonds. The van der Waals surface area contributed by atoms with Gasteiger partial charge >= 0.3 is 0 Å². The van der Waals surface area contributed by atoms with E-state index in [0.29, 0.717) is 5.41 Å². The Hall–Kier alpha value is -0.830. The number of carbonyl (C=O) groups excluding carboxylic acids is 1. The fourth-order valence-corrected chi connectivity index (χ4v) is 2.45. The monoisotopic (exact) mass is 281 g/mol. The number of halogens is 1. The molecule has 2 nitrogen and oxygen atoms in total. The second-order valence-electron chi connectivity index (χ2n) is 4.69. The molecule has 0 unspecified atom stereocenters. The summed E-state index contributed by atoms with van der Waals surface area (Å²) in [6, 6.07) is 7.69. The number of carbonyl (C=O) groups is 1. The largest absolute Gasteiger partial charge is 0.351 e. The number of rotatable bonds is 4. The highest BCUT2D eigenvalue weighted by Crippen LogP contribution is 2.46. The summed E-state index contributed by atoms with van der Waals surface area (Å²) in [6.45, 7) is 2.78. The van der Waals surface area contributed by atoms with E-state index in [9.17, 15) is 4.79 Å². The topological polar surface area (TPSA) is 29.1 Å². The van der Waals surface area contributed by atoms with Crippen LogP contribution in [0.15, 0.2) is 24.3 Å². The van der Waals surface area contributed by atoms with E-state index in [4.69, 9.17) is 0 Å². The smallest absolute Gasteiger partial charge is 0.251 e. The number of benzene rings is 1. The van der Waals surface area contributed by atoms with Crippen LogP contribution in [0.1, 0.15) is 28.8 Å². The number of alkyl halides is 1. The molecule has 1 aliphatic rings. The number of nitrogens with one attached hydrogen (secondary N) is 1. The van der Waals surface area contributed by atoms with Crippen LogP contribution in [0.3, 0.4) is 0 Å². The molecule has 86 valence electrons. The van der Waals surface area contributed by atoms with E-state index in [1.54, 1.807) is 0 Å². The van der Waals surface area contributed by atoms with Crippen LogP contribution in [0.5, 0.6) is 0 Å². The standard InChI is InChI=1S/C13H16BrNO/c1-10-3-2-4-11(7-10)12(16)15-9-13(8-14)5-6-13/h2-4,7H,5-6,8-9H2,1H3,(H,15,16). The molecule has 1 aromatic rings. The zero-order valence-electron chi connectivity index (χ0n) is 9.42. The fourth-order valence-electron chi connectivity index (χ4n) is 1.69. The second-order valence-corrected chi connectivity index (χ2v) is 5.25. The van der Waals surface area contributed by atoms with Gasteiger partial charge in [0, 0.05) is 17.4 Å². The Morgan fingerprint density at radius 1 is 1.50 bits per heavy atom. The quantitative estimate of drug-likeness (QED) is 0.845. The molecular weight excluding hydrogens is 266 g/mol. The average molecular weight is 282 g/mol. The van der Waals surface area contributed by atoms with Crippen molar-refractivity contribution in [1.82, 2.24) is 5.32 Å². The highest BCUT2D eigenvalue weighted by Gasteiger charge is 2.41. The Labute approximate surface area is 105 Å². The number of aryl methyl sites for hydroxylation is 1. The van der Waals surface area contributed by atoms with Crippen LogP contribution in [0.2, 0.25) is 0 Å². The molecule has 2 rings (SSSR count). The SMILES string of the molecule is Cc1cccc(C(=O)NCC2(CBr)CC2)c1. The minimum Gasteiger partial charge on any atom is -0.351 e. The van der Waals surface area contributed by atoms with Gasteiger partial charge in [0.1, 0.15) is 0 Å². The first kappa shape index (κ1) is 11.6. The normalized spacial score (nSPS) is 16.9. The highest BCUT2D eigenvalue weighted by atomic mass is 79.9. The maximum Gasteiger partial charge on any atom is 0.251 e. The van der Waals surface area contributed by atoms with Gasteiger partial charge in [0.2, 0.25) is 0 Å². The molecule has 16 heavy (non-hydrogen) atoms. The summed E-state index contributed by atoms with van der Waals surface area (Å²) in [5.41, 5.74) is 2.21. The first-order chi connectivity index (χ1) is 7.65. The van der Waals surface area contributed by atoms with Gasteiger partial charge in [-0.05, 0) is 37.3 Å². The van der Waals surface area contributed by atoms with Gasteiger partial charge in [-0.25, -0.2) is 0 Å². The van der Waals surface area contributed by atoms with Crippen molar-refractivity contribution in [2.75, 3.05) is 11.9 Å². The van der Waals surface area contributed by atoms with Crippen molar-refractivity contribution in [3.05, 3.63) is 35.4 Å². The van der Waals surface area contributed by atoms with E-state index >= 15 is 0 Å². The molecule has 3 heteroatoms. The zero-order valence-corrected chi connectivity index (χ0v) is 11.0. The van der Waals surface area contributed by atoms with Gasteiger partial charge in [-0.2, -0.15) is 0 Å². The molecule has 0 aromatic heterocycles. The predicted molar refractivity (Wildman–Crippen MR) is 69.0 cm³/mol. The van der Waals surface area contributed by atoms with Crippen molar-refractivity contribution >= 4 is 21.8 Å². The molecule has 0 aliphatic heterocycles. The molecular formula is C13H16BrNO. The van der Waals surface area contributed by atoms with Crippen LogP contribution >= 0.6 is 15.9 Å². The van der Waals surface area contributed by atoms with Crippen molar-refractivity contribution in [3.63, 3.8) is 0 Å². The maximum atomic E-state index is 11.9. The Kier molecular flexibility index (Phi) is 3.33. The van der Waals surface area contributed by atoms with Crippen LogP contribution in [-0.2, 0) is 0 Å². The van der Waals surface area contributed by atoms with E-state index in [1.807, 2.05) is 31.2 Å². The van der Waals surface area contributed by atoms with E-state index < -0.39 is 0 Å². The molecule has 0 radical (unpaired) electrons. The summed E-state index contributed by atoms with van der Waals surface area (Å²) in [4.78, 5) is 11.9. The van der Waals surface area contributed by atoms with E-state index in [-0.39, 0.29) is 5.91 Å². The van der Waals surface area contributed by atoms with Crippen LogP contribution < -0.4 is 5.32 Å². The lowest BCUT2D eigenvalue weighted by Gasteiger charge is -2.12. The average Bonchev–Trinajstić information content (AvgIpc) is 3.07. The lowest BCUT2D eigenvalue weighted by molar-refractivity contribution is 0.0946. The molecule has 0 bridgehead atoms. The Morgan fingerprint density at radius 2 is 2.25 bits per heavy atom. The zero-order chi connectivity index (χ0) is 11.6. The predicted octanol–water partition coefficient (Wildman–Crippen LogP) is 2.90. The van der Waals surface area contributed by atoms with Gasteiger partial charge < -0.3 is 5.32 Å². The van der Waals surface area contributed by atoms with E-state index in [1.165, 1.54) is 12.8 Å². The van der Waals surface area contributed by atoms with Gasteiger partial charge in [0.15, 0.2) is 0 Å². The van der Waals surface area contributed by atoms with E-state index in [0.717, 1.165) is 23.0 Å². The molecule has 0 heterocycles. The molecule has 0 spiro atoms. The summed E-state index contributed by atoms with van der Waals surface area (Å²) >= 11 is 3.50. The molecule has 1 aromatic carbocycles. The van der Waals surface area contributed by atoms with Crippen LogP contribution in [0, 0.1) is 12.3 Å². The summed E-state index contributed by atoms with van der Waals surface area (Å²) in [7, 11) is 0. The van der Waals surface area contributed by atoms with Crippen molar-refractivity contribution in [2.24, 2.45) is 5.41 Å². The van der Waals surface area contributed by atoms with Crippen molar-refractivity contribution in [3.8, 4) is 0 Å². The van der Waals surface area contributed by atoms with Gasteiger partial charge in [-0.15, -0.1) is 0 Å². The van der Waals surface area contributed by atoms with Gasteiger partial charge in [0.25, 0.3) is 5.91 Å². The van der Waals surface area contributed by atoms with Gasteiger partial charge in [-0.1, -0.05) is 33.6 Å². The Morgan fingerprint density at radius 3 is 2.81 bits per heavy atom. The van der Waals surface area contributed by atoms with E-state index in [2.05, 4.69) is 21.2 Å². The number of amides is 1. The van der Waals surface area contributed by atoms with Crippen LogP contribution in [0.25, 0.3) is 0 Å². The lowest BCUT2D eigenvalue weighted by atomic mass is 10.1. The molecule has 1 fully saturated rings. The molecule has 0 atom stereocenters. The third-order valence-corrected chi connectivity index (χ3v) is 4.33. The van der Waals surface area contributed by atoms with Gasteiger partial charge in [-0.3, -0.25) is 4.79 Å². The third-order valence-electron chi connectivity index (χ3n) is 3.14. The van der Waals surface area contributed by atoms with Crippen LogP contribution in [0.4, 0.5) is 0 Å². The van der Waals surface area contributed by atoms with Crippen molar-refractivity contribution < 1.29 is 4.79 Å². The maximum absolute atomic E-state index is 11.9. The van der Waals surface area contributed by atoms with Gasteiger partial charge in [0.05, 0.1) is 0 Å². The van der Waals surface area contributed by atoms with Crippen molar-refractivity contribution in [2.45, 2.75) is 19.8 Å². The van der Waals surface area contributed by atoms with Crippen molar-refractivity contribution in [1.29, 1.82) is 0 Å². The van der Waals surface area contributed by atoms with Crippen LogP contribution in [-0.4, -0.2) is 17.8 Å². The lowest BCUT2D eigenvalue weighted by Crippen LogP contribution is -2.30. The minimum atomic E-state index is 0.0379. The molecule has 1 N–H and O–H groups in total. The Balaban J connectivity index is 1.93. The summed E-state index contributed by atoms with van der Waals surface area (Å²) in [5.74, 6) is 0.0379. The minimum absolute atomic E-state index is 0.0379. The molecule has 1 aliphatic carbocycles. The summed E-state index contributed by atoms with van der Waals surface area (Å²) in [5, 5.41) is 3.99. The summed E-state index contributed by atoms with van der Waals surface area (Å²) in [6.07, 6.45) is 2.43. The second kappa shape index (κ2) is 4.58. The number of hydrogen-bond donors (Lipinski definition) is 1. The fraction of sp³-hybridized carbons (Fsp3) is 0.462. The summed E-state index contributed by atoms with van der Waals surface area (Å²) < 4.78 is 0. The third kappa shape index (κ3) is 2.64. The molecule has 1 saturated carbocycles. The first-order valence-electron chi connectivity index (χ1n) is 5.56.